The Labute approximate surface area is 121 Å². The molecular formula is C14H15N3O2S. The van der Waals surface area contributed by atoms with Crippen molar-refractivity contribution >= 4 is 29.3 Å². The number of para-hydroxylation sites is 1. The van der Waals surface area contributed by atoms with Crippen LogP contribution in [0.25, 0.3) is 0 Å². The Balaban J connectivity index is 2.15. The molecule has 0 bridgehead atoms. The summed E-state index contributed by atoms with van der Waals surface area (Å²) < 4.78 is 1.74. The van der Waals surface area contributed by atoms with Gasteiger partial charge in [-0.15, -0.1) is 11.8 Å². The average Bonchev–Trinajstić information content (AvgIpc) is 2.84. The maximum Gasteiger partial charge on any atom is 0.272 e. The van der Waals surface area contributed by atoms with Crippen molar-refractivity contribution in [1.29, 1.82) is 0 Å². The van der Waals surface area contributed by atoms with Gasteiger partial charge < -0.3 is 15.6 Å². The van der Waals surface area contributed by atoms with Crippen LogP contribution in [-0.4, -0.2) is 22.1 Å². The van der Waals surface area contributed by atoms with Crippen LogP contribution in [-0.2, 0) is 11.8 Å². The number of nitrogens with zero attached hydrogens (tertiary/aromatic N) is 1. The Morgan fingerprint density at radius 3 is 2.65 bits per heavy atom. The number of benzene rings is 1. The molecule has 3 N–H and O–H groups in total. The lowest BCUT2D eigenvalue weighted by Crippen LogP contribution is -2.16. The zero-order valence-electron chi connectivity index (χ0n) is 11.0. The molecule has 0 atom stereocenters. The zero-order chi connectivity index (χ0) is 14.5. The molecule has 0 spiro atoms. The van der Waals surface area contributed by atoms with Gasteiger partial charge in [0.15, 0.2) is 0 Å². The summed E-state index contributed by atoms with van der Waals surface area (Å²) in [5.74, 6) is -0.403. The van der Waals surface area contributed by atoms with Crippen LogP contribution in [0.1, 0.15) is 10.5 Å². The van der Waals surface area contributed by atoms with E-state index in [1.807, 2.05) is 37.5 Å². The van der Waals surface area contributed by atoms with Crippen molar-refractivity contribution in [3.63, 3.8) is 0 Å². The SMILES string of the molecule is Cn1cccc1C(=O)Nc1ccccc1SCC(N)=O. The van der Waals surface area contributed by atoms with Crippen molar-refractivity contribution in [2.45, 2.75) is 4.90 Å². The molecule has 2 rings (SSSR count). The van der Waals surface area contributed by atoms with Crippen LogP contribution in [0, 0.1) is 0 Å². The molecule has 1 heterocycles. The van der Waals surface area contributed by atoms with Crippen molar-refractivity contribution in [2.24, 2.45) is 12.8 Å². The van der Waals surface area contributed by atoms with Crippen LogP contribution < -0.4 is 11.1 Å². The number of anilines is 1. The highest BCUT2D eigenvalue weighted by atomic mass is 32.2. The summed E-state index contributed by atoms with van der Waals surface area (Å²) in [4.78, 5) is 23.8. The first-order valence-corrected chi connectivity index (χ1v) is 6.99. The normalized spacial score (nSPS) is 10.2. The summed E-state index contributed by atoms with van der Waals surface area (Å²) in [6, 6.07) is 10.9. The number of carbonyl (C=O) groups is 2. The summed E-state index contributed by atoms with van der Waals surface area (Å²) in [5.41, 5.74) is 6.38. The van der Waals surface area contributed by atoms with Gasteiger partial charge in [0, 0.05) is 18.1 Å². The number of amides is 2. The number of primary amides is 1. The second-order valence-electron chi connectivity index (χ2n) is 4.21. The topological polar surface area (TPSA) is 77.1 Å². The van der Waals surface area contributed by atoms with Crippen LogP contribution >= 0.6 is 11.8 Å². The van der Waals surface area contributed by atoms with Crippen LogP contribution in [0.5, 0.6) is 0 Å². The van der Waals surface area contributed by atoms with Gasteiger partial charge in [-0.25, -0.2) is 0 Å². The summed E-state index contributed by atoms with van der Waals surface area (Å²) >= 11 is 1.30. The lowest BCUT2D eigenvalue weighted by atomic mass is 10.3. The highest BCUT2D eigenvalue weighted by molar-refractivity contribution is 8.00. The molecule has 5 nitrogen and oxygen atoms in total. The van der Waals surface area contributed by atoms with E-state index in [-0.39, 0.29) is 11.7 Å². The molecule has 0 fully saturated rings. The first-order chi connectivity index (χ1) is 9.58. The van der Waals surface area contributed by atoms with Gasteiger partial charge in [-0.2, -0.15) is 0 Å². The molecule has 0 saturated heterocycles. The predicted octanol–water partition coefficient (Wildman–Crippen LogP) is 1.85. The third-order valence-electron chi connectivity index (χ3n) is 2.68. The fraction of sp³-hybridized carbons (Fsp3) is 0.143. The highest BCUT2D eigenvalue weighted by Crippen LogP contribution is 2.27. The van der Waals surface area contributed by atoms with Gasteiger partial charge in [0.1, 0.15) is 5.69 Å². The lowest BCUT2D eigenvalue weighted by Gasteiger charge is -2.10. The number of carbonyl (C=O) groups excluding carboxylic acids is 2. The summed E-state index contributed by atoms with van der Waals surface area (Å²) in [7, 11) is 1.81. The smallest absolute Gasteiger partial charge is 0.272 e. The van der Waals surface area contributed by atoms with Crippen molar-refractivity contribution in [3.8, 4) is 0 Å². The molecule has 104 valence electrons. The molecule has 0 unspecified atom stereocenters. The van der Waals surface area contributed by atoms with E-state index < -0.39 is 5.91 Å². The minimum atomic E-state index is -0.390. The number of aromatic nitrogens is 1. The minimum absolute atomic E-state index is 0.178. The Bertz CT molecular complexity index is 637. The second-order valence-corrected chi connectivity index (χ2v) is 5.23. The Hall–Kier alpha value is -2.21. The molecule has 1 aromatic heterocycles. The monoisotopic (exact) mass is 289 g/mol. The molecule has 0 aliphatic heterocycles. The molecule has 1 aromatic carbocycles. The van der Waals surface area contributed by atoms with Crippen molar-refractivity contribution < 1.29 is 9.59 Å². The van der Waals surface area contributed by atoms with Crippen LogP contribution in [0.3, 0.4) is 0 Å². The molecule has 2 amide bonds. The number of hydrogen-bond acceptors (Lipinski definition) is 3. The fourth-order valence-electron chi connectivity index (χ4n) is 1.73. The number of nitrogens with two attached hydrogens (primary N) is 1. The molecule has 2 aromatic rings. The number of aryl methyl sites for hydroxylation is 1. The van der Waals surface area contributed by atoms with Crippen LogP contribution in [0.4, 0.5) is 5.69 Å². The minimum Gasteiger partial charge on any atom is -0.369 e. The first-order valence-electron chi connectivity index (χ1n) is 6.00. The summed E-state index contributed by atoms with van der Waals surface area (Å²) in [6.45, 7) is 0. The molecule has 20 heavy (non-hydrogen) atoms. The largest absolute Gasteiger partial charge is 0.369 e. The lowest BCUT2D eigenvalue weighted by molar-refractivity contribution is -0.115. The summed E-state index contributed by atoms with van der Waals surface area (Å²) in [5, 5.41) is 2.84. The number of hydrogen-bond donors (Lipinski definition) is 2. The Morgan fingerprint density at radius 2 is 2.00 bits per heavy atom. The average molecular weight is 289 g/mol. The molecule has 0 radical (unpaired) electrons. The zero-order valence-corrected chi connectivity index (χ0v) is 11.8. The van der Waals surface area contributed by atoms with E-state index in [4.69, 9.17) is 5.73 Å². The third kappa shape index (κ3) is 3.42. The van der Waals surface area contributed by atoms with Crippen LogP contribution in [0.15, 0.2) is 47.5 Å². The Morgan fingerprint density at radius 1 is 1.25 bits per heavy atom. The van der Waals surface area contributed by atoms with E-state index in [2.05, 4.69) is 5.32 Å². The van der Waals surface area contributed by atoms with E-state index in [0.29, 0.717) is 11.4 Å². The van der Waals surface area contributed by atoms with Gasteiger partial charge in [-0.05, 0) is 24.3 Å². The summed E-state index contributed by atoms with van der Waals surface area (Å²) in [6.07, 6.45) is 1.81. The van der Waals surface area contributed by atoms with Crippen molar-refractivity contribution in [1.82, 2.24) is 4.57 Å². The van der Waals surface area contributed by atoms with E-state index in [1.165, 1.54) is 11.8 Å². The molecule has 0 saturated carbocycles. The third-order valence-corrected chi connectivity index (χ3v) is 3.78. The van der Waals surface area contributed by atoms with Gasteiger partial charge in [0.25, 0.3) is 5.91 Å². The van der Waals surface area contributed by atoms with E-state index in [1.54, 1.807) is 16.7 Å². The van der Waals surface area contributed by atoms with Gasteiger partial charge in [-0.3, -0.25) is 9.59 Å². The van der Waals surface area contributed by atoms with Crippen LogP contribution in [0.2, 0.25) is 0 Å². The molecule has 0 aliphatic carbocycles. The predicted molar refractivity (Wildman–Crippen MR) is 79.7 cm³/mol. The highest BCUT2D eigenvalue weighted by Gasteiger charge is 2.11. The maximum atomic E-state index is 12.2. The van der Waals surface area contributed by atoms with Gasteiger partial charge in [0.2, 0.25) is 5.91 Å². The second kappa shape index (κ2) is 6.29. The number of nitrogens with one attached hydrogen (secondary N) is 1. The number of thioether (sulfide) groups is 1. The molecule has 6 heteroatoms. The van der Waals surface area contributed by atoms with E-state index in [0.717, 1.165) is 4.90 Å². The van der Waals surface area contributed by atoms with Gasteiger partial charge in [-0.1, -0.05) is 12.1 Å². The van der Waals surface area contributed by atoms with Crippen molar-refractivity contribution in [2.75, 3.05) is 11.1 Å². The quantitative estimate of drug-likeness (QED) is 0.825. The van der Waals surface area contributed by atoms with E-state index in [9.17, 15) is 9.59 Å². The maximum absolute atomic E-state index is 12.2. The van der Waals surface area contributed by atoms with Gasteiger partial charge >= 0.3 is 0 Å². The standard InChI is InChI=1S/C14H15N3O2S/c1-17-8-4-6-11(17)14(19)16-10-5-2-3-7-12(10)20-9-13(15)18/h2-8H,9H2,1H3,(H2,15,18)(H,16,19). The first kappa shape index (κ1) is 14.2. The van der Waals surface area contributed by atoms with Crippen molar-refractivity contribution in [3.05, 3.63) is 48.3 Å². The van der Waals surface area contributed by atoms with E-state index >= 15 is 0 Å². The number of rotatable bonds is 5. The molecule has 0 aliphatic rings. The Kier molecular flexibility index (Phi) is 4.47. The molecular weight excluding hydrogens is 274 g/mol. The fourth-order valence-corrected chi connectivity index (χ4v) is 2.48. The van der Waals surface area contributed by atoms with Gasteiger partial charge in [0.05, 0.1) is 11.4 Å².